The van der Waals surface area contributed by atoms with Gasteiger partial charge in [0.1, 0.15) is 17.1 Å². The molecule has 7 nitrogen and oxygen atoms in total. The van der Waals surface area contributed by atoms with E-state index < -0.39 is 5.97 Å². The zero-order chi connectivity index (χ0) is 15.8. The van der Waals surface area contributed by atoms with Gasteiger partial charge in [0.2, 0.25) is 5.91 Å². The lowest BCUT2D eigenvalue weighted by Gasteiger charge is -2.12. The number of amides is 1. The molecule has 0 fully saturated rings. The van der Waals surface area contributed by atoms with Crippen molar-refractivity contribution < 1.29 is 23.5 Å². The van der Waals surface area contributed by atoms with Gasteiger partial charge in [0.15, 0.2) is 0 Å². The van der Waals surface area contributed by atoms with Crippen molar-refractivity contribution in [3.63, 3.8) is 0 Å². The molecule has 118 valence electrons. The Balaban J connectivity index is 2.47. The number of hydrogen-bond acceptors (Lipinski definition) is 6. The molecule has 0 aromatic carbocycles. The molecule has 1 aromatic heterocycles. The van der Waals surface area contributed by atoms with E-state index in [9.17, 15) is 9.59 Å². The third-order valence-corrected chi connectivity index (χ3v) is 2.96. The van der Waals surface area contributed by atoms with E-state index in [1.54, 1.807) is 27.0 Å². The van der Waals surface area contributed by atoms with E-state index in [0.29, 0.717) is 36.8 Å². The van der Waals surface area contributed by atoms with Gasteiger partial charge in [0.05, 0.1) is 26.3 Å². The maximum atomic E-state index is 11.7. The van der Waals surface area contributed by atoms with Crippen molar-refractivity contribution in [3.8, 4) is 0 Å². The van der Waals surface area contributed by atoms with Gasteiger partial charge in [0, 0.05) is 13.7 Å². The van der Waals surface area contributed by atoms with Crippen LogP contribution in [-0.2, 0) is 20.8 Å². The van der Waals surface area contributed by atoms with Crippen LogP contribution in [0.1, 0.15) is 28.8 Å². The Kier molecular flexibility index (Phi) is 6.90. The molecule has 0 saturated carbocycles. The van der Waals surface area contributed by atoms with Gasteiger partial charge in [-0.25, -0.2) is 4.79 Å². The molecule has 1 amide bonds. The molecule has 1 unspecified atom stereocenters. The topological polar surface area (TPSA) is 89.8 Å². The summed E-state index contributed by atoms with van der Waals surface area (Å²) in [7, 11) is 2.89. The van der Waals surface area contributed by atoms with Crippen LogP contribution < -0.4 is 10.6 Å². The molecule has 0 spiro atoms. The zero-order valence-electron chi connectivity index (χ0n) is 12.8. The van der Waals surface area contributed by atoms with Crippen LogP contribution in [0.15, 0.2) is 10.5 Å². The molecule has 1 atom stereocenters. The molecule has 0 radical (unpaired) electrons. The highest BCUT2D eigenvalue weighted by Crippen LogP contribution is 2.15. The molecule has 2 N–H and O–H groups in total. The van der Waals surface area contributed by atoms with E-state index in [4.69, 9.17) is 9.15 Å². The third-order valence-electron chi connectivity index (χ3n) is 2.96. The number of rotatable bonds is 8. The number of esters is 1. The lowest BCUT2D eigenvalue weighted by molar-refractivity contribution is -0.123. The summed E-state index contributed by atoms with van der Waals surface area (Å²) in [4.78, 5) is 23.2. The molecule has 1 rings (SSSR count). The van der Waals surface area contributed by atoms with Crippen molar-refractivity contribution in [2.45, 2.75) is 26.4 Å². The van der Waals surface area contributed by atoms with Crippen LogP contribution in [0.25, 0.3) is 0 Å². The van der Waals surface area contributed by atoms with Gasteiger partial charge in [-0.15, -0.1) is 0 Å². The summed E-state index contributed by atoms with van der Waals surface area (Å²) >= 11 is 0. The number of furan rings is 1. The highest BCUT2D eigenvalue weighted by atomic mass is 16.5. The van der Waals surface area contributed by atoms with Gasteiger partial charge in [-0.2, -0.15) is 0 Å². The Morgan fingerprint density at radius 1 is 1.38 bits per heavy atom. The van der Waals surface area contributed by atoms with Crippen LogP contribution in [0, 0.1) is 6.92 Å². The minimum atomic E-state index is -0.437. The largest absolute Gasteiger partial charge is 0.465 e. The summed E-state index contributed by atoms with van der Waals surface area (Å²) < 4.78 is 15.0. The molecule has 0 bridgehead atoms. The maximum absolute atomic E-state index is 11.7. The molecule has 21 heavy (non-hydrogen) atoms. The minimum Gasteiger partial charge on any atom is -0.465 e. The molecule has 0 aliphatic rings. The van der Waals surface area contributed by atoms with Crippen LogP contribution in [0.5, 0.6) is 0 Å². The number of aryl methyl sites for hydroxylation is 1. The van der Waals surface area contributed by atoms with Crippen LogP contribution >= 0.6 is 0 Å². The molecular weight excluding hydrogens is 276 g/mol. The Bertz CT molecular complexity index is 484. The van der Waals surface area contributed by atoms with Gasteiger partial charge < -0.3 is 19.2 Å². The van der Waals surface area contributed by atoms with E-state index in [1.165, 1.54) is 7.11 Å². The summed E-state index contributed by atoms with van der Waals surface area (Å²) in [6.07, 6.45) is 0. The third kappa shape index (κ3) is 5.20. The van der Waals surface area contributed by atoms with E-state index in [-0.39, 0.29) is 11.9 Å². The Labute approximate surface area is 124 Å². The monoisotopic (exact) mass is 298 g/mol. The Morgan fingerprint density at radius 3 is 2.71 bits per heavy atom. The first-order valence-electron chi connectivity index (χ1n) is 6.67. The van der Waals surface area contributed by atoms with Crippen molar-refractivity contribution in [2.24, 2.45) is 0 Å². The van der Waals surface area contributed by atoms with Crippen LogP contribution in [0.4, 0.5) is 0 Å². The fourth-order valence-electron chi connectivity index (χ4n) is 1.72. The second-order valence-electron chi connectivity index (χ2n) is 4.56. The van der Waals surface area contributed by atoms with Crippen molar-refractivity contribution in [1.29, 1.82) is 0 Å². The molecule has 7 heteroatoms. The number of ether oxygens (including phenoxy) is 2. The summed E-state index contributed by atoms with van der Waals surface area (Å²) in [5.41, 5.74) is 0.395. The van der Waals surface area contributed by atoms with Crippen molar-refractivity contribution in [3.05, 3.63) is 23.2 Å². The van der Waals surface area contributed by atoms with Gasteiger partial charge >= 0.3 is 5.97 Å². The highest BCUT2D eigenvalue weighted by molar-refractivity contribution is 5.90. The van der Waals surface area contributed by atoms with Crippen LogP contribution in [0.2, 0.25) is 0 Å². The minimum absolute atomic E-state index is 0.122. The summed E-state index contributed by atoms with van der Waals surface area (Å²) in [6, 6.07) is 1.23. The average molecular weight is 298 g/mol. The molecule has 1 heterocycles. The Hall–Kier alpha value is -1.86. The SMILES string of the molecule is COCCNC(=O)C(C)NCc1cc(C(=O)OC)c(C)o1. The van der Waals surface area contributed by atoms with E-state index in [0.717, 1.165) is 0 Å². The molecule has 1 aromatic rings. The summed E-state index contributed by atoms with van der Waals surface area (Å²) in [5, 5.41) is 5.76. The lowest BCUT2D eigenvalue weighted by atomic mass is 10.2. The van der Waals surface area contributed by atoms with Gasteiger partial charge in [0.25, 0.3) is 0 Å². The first kappa shape index (κ1) is 17.2. The molecule has 0 aliphatic heterocycles. The average Bonchev–Trinajstić information content (AvgIpc) is 2.85. The maximum Gasteiger partial charge on any atom is 0.341 e. The normalized spacial score (nSPS) is 12.0. The molecular formula is C14H22N2O5. The van der Waals surface area contributed by atoms with Gasteiger partial charge in [-0.3, -0.25) is 10.1 Å². The highest BCUT2D eigenvalue weighted by Gasteiger charge is 2.17. The fourth-order valence-corrected chi connectivity index (χ4v) is 1.72. The van der Waals surface area contributed by atoms with Gasteiger partial charge in [-0.05, 0) is 19.9 Å². The predicted molar refractivity (Wildman–Crippen MR) is 76.0 cm³/mol. The fraction of sp³-hybridized carbons (Fsp3) is 0.571. The number of hydrogen-bond donors (Lipinski definition) is 2. The first-order valence-corrected chi connectivity index (χ1v) is 6.67. The summed E-state index contributed by atoms with van der Waals surface area (Å²) in [6.45, 7) is 4.72. The van der Waals surface area contributed by atoms with Crippen molar-refractivity contribution >= 4 is 11.9 Å². The number of carbonyl (C=O) groups is 2. The van der Waals surface area contributed by atoms with Crippen molar-refractivity contribution in [2.75, 3.05) is 27.4 Å². The van der Waals surface area contributed by atoms with E-state index in [2.05, 4.69) is 15.4 Å². The first-order chi connectivity index (χ1) is 9.99. The number of nitrogens with one attached hydrogen (secondary N) is 2. The standard InChI is InChI=1S/C14H22N2O5/c1-9(13(17)15-5-6-19-3)16-8-11-7-12(10(2)21-11)14(18)20-4/h7,9,16H,5-6,8H2,1-4H3,(H,15,17). The van der Waals surface area contributed by atoms with E-state index in [1.807, 2.05) is 0 Å². The van der Waals surface area contributed by atoms with Gasteiger partial charge in [-0.1, -0.05) is 0 Å². The zero-order valence-corrected chi connectivity index (χ0v) is 12.8. The second kappa shape index (κ2) is 8.43. The quantitative estimate of drug-likeness (QED) is 0.540. The molecule has 0 saturated heterocycles. The number of carbonyl (C=O) groups excluding carboxylic acids is 2. The van der Waals surface area contributed by atoms with Crippen LogP contribution in [0.3, 0.4) is 0 Å². The van der Waals surface area contributed by atoms with Crippen molar-refractivity contribution in [1.82, 2.24) is 10.6 Å². The molecule has 0 aliphatic carbocycles. The predicted octanol–water partition coefficient (Wildman–Crippen LogP) is 0.615. The lowest BCUT2D eigenvalue weighted by Crippen LogP contribution is -2.42. The second-order valence-corrected chi connectivity index (χ2v) is 4.56. The summed E-state index contributed by atoms with van der Waals surface area (Å²) in [5.74, 6) is 0.511. The van der Waals surface area contributed by atoms with E-state index >= 15 is 0 Å². The smallest absolute Gasteiger partial charge is 0.341 e. The number of methoxy groups -OCH3 is 2. The Morgan fingerprint density at radius 2 is 2.10 bits per heavy atom. The van der Waals surface area contributed by atoms with Crippen LogP contribution in [-0.4, -0.2) is 45.3 Å².